The van der Waals surface area contributed by atoms with E-state index < -0.39 is 0 Å². The van der Waals surface area contributed by atoms with Crippen LogP contribution in [0, 0.1) is 0 Å². The second-order valence-electron chi connectivity index (χ2n) is 4.82. The number of benzene rings is 1. The fraction of sp³-hybridized carbons (Fsp3) is 0.235. The number of fused-ring (bicyclic) bond motifs is 1. The molecule has 0 saturated carbocycles. The Bertz CT molecular complexity index is 832. The number of thiophene rings is 1. The van der Waals surface area contributed by atoms with Crippen molar-refractivity contribution in [3.63, 3.8) is 0 Å². The molecule has 0 unspecified atom stereocenters. The van der Waals surface area contributed by atoms with E-state index in [9.17, 15) is 0 Å². The summed E-state index contributed by atoms with van der Waals surface area (Å²) in [5.74, 6) is 1.76. The monoisotopic (exact) mass is 330 g/mol. The molecule has 0 aliphatic heterocycles. The minimum Gasteiger partial charge on any atom is -0.493 e. The average Bonchev–Trinajstić information content (AvgIpc) is 3.13. The number of nitrogens with one attached hydrogen (secondary N) is 1. The molecule has 3 rings (SSSR count). The summed E-state index contributed by atoms with van der Waals surface area (Å²) in [5.41, 5.74) is 2.62. The Morgan fingerprint density at radius 2 is 1.83 bits per heavy atom. The van der Waals surface area contributed by atoms with Gasteiger partial charge in [-0.15, -0.1) is 11.3 Å². The van der Waals surface area contributed by atoms with Gasteiger partial charge in [-0.25, -0.2) is 4.98 Å². The van der Waals surface area contributed by atoms with E-state index in [1.807, 2.05) is 30.6 Å². The van der Waals surface area contributed by atoms with Gasteiger partial charge >= 0.3 is 0 Å². The Hall–Kier alpha value is -2.47. The second-order valence-corrected chi connectivity index (χ2v) is 5.77. The van der Waals surface area contributed by atoms with Gasteiger partial charge in [0.15, 0.2) is 11.5 Å². The molecule has 3 aromatic rings. The molecular weight excluding hydrogens is 312 g/mol. The van der Waals surface area contributed by atoms with E-state index in [2.05, 4.69) is 11.4 Å². The Morgan fingerprint density at radius 3 is 2.39 bits per heavy atom. The number of methoxy groups -OCH3 is 3. The Labute approximate surface area is 138 Å². The predicted molar refractivity (Wildman–Crippen MR) is 94.3 cm³/mol. The highest BCUT2D eigenvalue weighted by atomic mass is 32.1. The standard InChI is InChI=1S/C17H18N2O3S/c1-18-11-8-10(14-6-5-7-23-14)19-12-9-13(20-2)16(21-3)17(22-4)15(11)12/h5-9H,1-4H3,(H,18,19). The van der Waals surface area contributed by atoms with E-state index in [4.69, 9.17) is 19.2 Å². The lowest BCUT2D eigenvalue weighted by Gasteiger charge is -2.17. The topological polar surface area (TPSA) is 52.6 Å². The summed E-state index contributed by atoms with van der Waals surface area (Å²) in [4.78, 5) is 5.88. The van der Waals surface area contributed by atoms with Crippen molar-refractivity contribution in [1.82, 2.24) is 4.98 Å². The van der Waals surface area contributed by atoms with Crippen molar-refractivity contribution in [2.75, 3.05) is 33.7 Å². The SMILES string of the molecule is CNc1cc(-c2cccs2)nc2cc(OC)c(OC)c(OC)c12. The van der Waals surface area contributed by atoms with Crippen molar-refractivity contribution >= 4 is 27.9 Å². The third kappa shape index (κ3) is 2.55. The first-order valence-corrected chi connectivity index (χ1v) is 7.96. The lowest BCUT2D eigenvalue weighted by Crippen LogP contribution is -2.00. The lowest BCUT2D eigenvalue weighted by atomic mass is 10.1. The largest absolute Gasteiger partial charge is 0.493 e. The molecule has 2 heterocycles. The number of aromatic nitrogens is 1. The van der Waals surface area contributed by atoms with Crippen LogP contribution in [0.25, 0.3) is 21.5 Å². The van der Waals surface area contributed by atoms with E-state index in [1.54, 1.807) is 32.7 Å². The highest BCUT2D eigenvalue weighted by molar-refractivity contribution is 7.13. The minimum absolute atomic E-state index is 0.560. The molecule has 0 aliphatic rings. The molecular formula is C17H18N2O3S. The quantitative estimate of drug-likeness (QED) is 0.765. The fourth-order valence-electron chi connectivity index (χ4n) is 2.61. The molecule has 0 atom stereocenters. The molecule has 0 radical (unpaired) electrons. The van der Waals surface area contributed by atoms with Crippen molar-refractivity contribution < 1.29 is 14.2 Å². The van der Waals surface area contributed by atoms with Gasteiger partial charge in [0.2, 0.25) is 5.75 Å². The number of rotatable bonds is 5. The number of pyridine rings is 1. The summed E-state index contributed by atoms with van der Waals surface area (Å²) >= 11 is 1.65. The maximum absolute atomic E-state index is 5.58. The first-order valence-electron chi connectivity index (χ1n) is 7.08. The highest BCUT2D eigenvalue weighted by Gasteiger charge is 2.20. The van der Waals surface area contributed by atoms with Crippen molar-refractivity contribution in [1.29, 1.82) is 0 Å². The maximum Gasteiger partial charge on any atom is 0.204 e. The number of hydrogen-bond acceptors (Lipinski definition) is 6. The van der Waals surface area contributed by atoms with E-state index in [0.29, 0.717) is 17.2 Å². The molecule has 0 saturated heterocycles. The summed E-state index contributed by atoms with van der Waals surface area (Å²) in [6, 6.07) is 7.95. The fourth-order valence-corrected chi connectivity index (χ4v) is 3.30. The highest BCUT2D eigenvalue weighted by Crippen LogP contribution is 2.46. The molecule has 5 nitrogen and oxygen atoms in total. The van der Waals surface area contributed by atoms with Crippen LogP contribution in [0.2, 0.25) is 0 Å². The van der Waals surface area contributed by atoms with Crippen LogP contribution in [-0.4, -0.2) is 33.4 Å². The van der Waals surface area contributed by atoms with Crippen molar-refractivity contribution in [2.24, 2.45) is 0 Å². The van der Waals surface area contributed by atoms with Crippen LogP contribution >= 0.6 is 11.3 Å². The van der Waals surface area contributed by atoms with Crippen LogP contribution in [0.1, 0.15) is 0 Å². The third-order valence-electron chi connectivity index (χ3n) is 3.64. The molecule has 1 N–H and O–H groups in total. The summed E-state index contributed by atoms with van der Waals surface area (Å²) in [7, 11) is 6.69. The van der Waals surface area contributed by atoms with Crippen LogP contribution in [0.4, 0.5) is 5.69 Å². The number of ether oxygens (including phenoxy) is 3. The molecule has 120 valence electrons. The van der Waals surface area contributed by atoms with Gasteiger partial charge in [-0.3, -0.25) is 0 Å². The summed E-state index contributed by atoms with van der Waals surface area (Å²) in [5, 5.41) is 6.13. The first-order chi connectivity index (χ1) is 11.2. The lowest BCUT2D eigenvalue weighted by molar-refractivity contribution is 0.327. The first kappa shape index (κ1) is 15.4. The van der Waals surface area contributed by atoms with E-state index in [0.717, 1.165) is 27.2 Å². The molecule has 23 heavy (non-hydrogen) atoms. The molecule has 0 fully saturated rings. The number of nitrogens with zero attached hydrogens (tertiary/aromatic N) is 1. The van der Waals surface area contributed by atoms with Gasteiger partial charge in [0, 0.05) is 18.8 Å². The number of hydrogen-bond donors (Lipinski definition) is 1. The van der Waals surface area contributed by atoms with Crippen LogP contribution in [0.5, 0.6) is 17.2 Å². The van der Waals surface area contributed by atoms with Crippen molar-refractivity contribution in [2.45, 2.75) is 0 Å². The van der Waals surface area contributed by atoms with Gasteiger partial charge in [-0.2, -0.15) is 0 Å². The molecule has 1 aromatic carbocycles. The van der Waals surface area contributed by atoms with Gasteiger partial charge < -0.3 is 19.5 Å². The molecule has 0 spiro atoms. The Balaban J connectivity index is 2.37. The third-order valence-corrected chi connectivity index (χ3v) is 4.54. The predicted octanol–water partition coefficient (Wildman–Crippen LogP) is 4.03. The minimum atomic E-state index is 0.560. The Morgan fingerprint density at radius 1 is 1.04 bits per heavy atom. The zero-order valence-electron chi connectivity index (χ0n) is 13.5. The van der Waals surface area contributed by atoms with E-state index in [-0.39, 0.29) is 0 Å². The summed E-state index contributed by atoms with van der Waals surface area (Å²) in [6.45, 7) is 0. The maximum atomic E-state index is 5.58. The smallest absolute Gasteiger partial charge is 0.204 e. The van der Waals surface area contributed by atoms with Crippen LogP contribution in [0.3, 0.4) is 0 Å². The zero-order chi connectivity index (χ0) is 16.4. The van der Waals surface area contributed by atoms with E-state index in [1.165, 1.54) is 0 Å². The van der Waals surface area contributed by atoms with Crippen molar-refractivity contribution in [3.05, 3.63) is 29.6 Å². The van der Waals surface area contributed by atoms with E-state index >= 15 is 0 Å². The Kier molecular flexibility index (Phi) is 4.25. The van der Waals surface area contributed by atoms with Gasteiger partial charge in [0.1, 0.15) is 0 Å². The normalized spacial score (nSPS) is 10.6. The van der Waals surface area contributed by atoms with Crippen LogP contribution in [-0.2, 0) is 0 Å². The number of anilines is 1. The van der Waals surface area contributed by atoms with Crippen LogP contribution in [0.15, 0.2) is 29.6 Å². The second kappa shape index (κ2) is 6.34. The zero-order valence-corrected chi connectivity index (χ0v) is 14.3. The average molecular weight is 330 g/mol. The summed E-state index contributed by atoms with van der Waals surface area (Å²) in [6.07, 6.45) is 0. The van der Waals surface area contributed by atoms with Crippen LogP contribution < -0.4 is 19.5 Å². The molecule has 6 heteroatoms. The van der Waals surface area contributed by atoms with Gasteiger partial charge in [-0.05, 0) is 17.5 Å². The summed E-state index contributed by atoms with van der Waals surface area (Å²) < 4.78 is 16.5. The van der Waals surface area contributed by atoms with Gasteiger partial charge in [0.25, 0.3) is 0 Å². The van der Waals surface area contributed by atoms with Crippen molar-refractivity contribution in [3.8, 4) is 27.8 Å². The molecule has 0 bridgehead atoms. The molecule has 0 aliphatic carbocycles. The molecule has 2 aromatic heterocycles. The van der Waals surface area contributed by atoms with Gasteiger partial charge in [0.05, 0.1) is 42.8 Å². The molecule has 0 amide bonds. The van der Waals surface area contributed by atoms with Gasteiger partial charge in [-0.1, -0.05) is 6.07 Å².